The lowest BCUT2D eigenvalue weighted by Crippen LogP contribution is -2.27. The number of halogens is 1. The second-order valence-electron chi connectivity index (χ2n) is 10.0. The Morgan fingerprint density at radius 2 is 1.68 bits per heavy atom. The van der Waals surface area contributed by atoms with Crippen molar-refractivity contribution in [2.24, 2.45) is 5.41 Å². The van der Waals surface area contributed by atoms with Crippen molar-refractivity contribution in [2.75, 3.05) is 5.32 Å². The molecule has 0 bridgehead atoms. The number of fused-ring (bicyclic) bond motifs is 2. The zero-order chi connectivity index (χ0) is 26.4. The van der Waals surface area contributed by atoms with Crippen LogP contribution in [-0.2, 0) is 4.79 Å². The van der Waals surface area contributed by atoms with Gasteiger partial charge in [-0.15, -0.1) is 0 Å². The van der Waals surface area contributed by atoms with E-state index in [0.29, 0.717) is 28.4 Å². The van der Waals surface area contributed by atoms with Gasteiger partial charge in [0.15, 0.2) is 11.5 Å². The molecule has 0 aliphatic rings. The first-order valence-electron chi connectivity index (χ1n) is 12.0. The lowest BCUT2D eigenvalue weighted by atomic mass is 9.95. The number of nitrogens with zero attached hydrogens (tertiary/aromatic N) is 5. The molecule has 9 nitrogen and oxygen atoms in total. The highest BCUT2D eigenvalue weighted by Gasteiger charge is 2.21. The number of benzene rings is 1. The van der Waals surface area contributed by atoms with Crippen molar-refractivity contribution in [3.63, 3.8) is 0 Å². The molecule has 188 valence electrons. The maximum Gasteiger partial charge on any atom is 0.229 e. The van der Waals surface area contributed by atoms with Crippen LogP contribution in [-0.4, -0.2) is 41.0 Å². The van der Waals surface area contributed by atoms with Gasteiger partial charge in [-0.2, -0.15) is 5.10 Å². The lowest BCUT2D eigenvalue weighted by Gasteiger charge is -2.17. The Morgan fingerprint density at radius 3 is 2.47 bits per heavy atom. The number of pyridine rings is 3. The summed E-state index contributed by atoms with van der Waals surface area (Å²) in [6, 6.07) is 10.0. The largest absolute Gasteiger partial charge is 0.335 e. The van der Waals surface area contributed by atoms with E-state index >= 15 is 0 Å². The van der Waals surface area contributed by atoms with Crippen LogP contribution in [0.4, 0.5) is 10.1 Å². The first-order chi connectivity index (χ1) is 18.3. The van der Waals surface area contributed by atoms with Crippen molar-refractivity contribution in [2.45, 2.75) is 20.8 Å². The summed E-state index contributed by atoms with van der Waals surface area (Å²) < 4.78 is 13.5. The molecule has 38 heavy (non-hydrogen) atoms. The number of anilines is 1. The SMILES string of the molecule is CC(C)(C)C(=O)Nc1cncc(-c2cnc3[nH]nc(-c4nc5c(-c6ccc(F)cc6)cncc5[nH]4)c3c2)c1. The number of aromatic nitrogens is 7. The van der Waals surface area contributed by atoms with E-state index in [4.69, 9.17) is 4.98 Å². The van der Waals surface area contributed by atoms with Crippen molar-refractivity contribution >= 4 is 33.7 Å². The van der Waals surface area contributed by atoms with Gasteiger partial charge >= 0.3 is 0 Å². The predicted octanol–water partition coefficient (Wildman–Crippen LogP) is 5.75. The third kappa shape index (κ3) is 4.26. The quantitative estimate of drug-likeness (QED) is 0.280. The van der Waals surface area contributed by atoms with Crippen LogP contribution in [0.5, 0.6) is 0 Å². The lowest BCUT2D eigenvalue weighted by molar-refractivity contribution is -0.123. The van der Waals surface area contributed by atoms with Gasteiger partial charge in [0.2, 0.25) is 5.91 Å². The number of imidazole rings is 1. The summed E-state index contributed by atoms with van der Waals surface area (Å²) in [5.41, 5.74) is 5.91. The van der Waals surface area contributed by atoms with Gasteiger partial charge in [-0.25, -0.2) is 14.4 Å². The number of carbonyl (C=O) groups excluding carboxylic acids is 1. The Bertz CT molecular complexity index is 1820. The standard InChI is InChI=1S/C28H23FN8O/c1-28(2,3)27(38)33-19-8-16(10-30-12-19)17-9-20-24(36-37-25(20)32-11-17)26-34-22-14-31-13-21(23(22)35-26)15-4-6-18(29)7-5-15/h4-14H,1-3H3,(H,33,38)(H,34,35)(H,32,36,37). The Morgan fingerprint density at radius 1 is 0.921 bits per heavy atom. The number of amides is 1. The van der Waals surface area contributed by atoms with E-state index in [9.17, 15) is 9.18 Å². The normalized spacial score (nSPS) is 11.8. The van der Waals surface area contributed by atoms with Crippen molar-refractivity contribution in [3.05, 3.63) is 73.2 Å². The first-order valence-corrected chi connectivity index (χ1v) is 12.0. The molecule has 0 unspecified atom stereocenters. The minimum Gasteiger partial charge on any atom is -0.335 e. The molecule has 0 saturated heterocycles. The van der Waals surface area contributed by atoms with Crippen LogP contribution in [0.15, 0.2) is 67.4 Å². The van der Waals surface area contributed by atoms with E-state index in [2.05, 4.69) is 35.5 Å². The molecule has 0 spiro atoms. The smallest absolute Gasteiger partial charge is 0.229 e. The van der Waals surface area contributed by atoms with Gasteiger partial charge in [-0.1, -0.05) is 32.9 Å². The molecule has 0 radical (unpaired) electrons. The second-order valence-corrected chi connectivity index (χ2v) is 10.0. The summed E-state index contributed by atoms with van der Waals surface area (Å²) >= 11 is 0. The fourth-order valence-electron chi connectivity index (χ4n) is 4.11. The average Bonchev–Trinajstić information content (AvgIpc) is 3.52. The van der Waals surface area contributed by atoms with Crippen molar-refractivity contribution in [1.29, 1.82) is 0 Å². The first kappa shape index (κ1) is 23.4. The molecule has 5 heterocycles. The monoisotopic (exact) mass is 506 g/mol. The minimum absolute atomic E-state index is 0.0958. The van der Waals surface area contributed by atoms with E-state index < -0.39 is 5.41 Å². The number of hydrogen-bond acceptors (Lipinski definition) is 6. The van der Waals surface area contributed by atoms with E-state index in [0.717, 1.165) is 33.2 Å². The molecular formula is C28H23FN8O. The minimum atomic E-state index is -0.527. The van der Waals surface area contributed by atoms with E-state index in [1.165, 1.54) is 12.1 Å². The molecule has 0 atom stereocenters. The van der Waals surface area contributed by atoms with Crippen LogP contribution in [0.25, 0.3) is 55.8 Å². The molecule has 1 amide bonds. The predicted molar refractivity (Wildman–Crippen MR) is 143 cm³/mol. The Kier molecular flexibility index (Phi) is 5.45. The number of H-pyrrole nitrogens is 2. The number of rotatable bonds is 4. The van der Waals surface area contributed by atoms with Crippen LogP contribution in [0.2, 0.25) is 0 Å². The Hall–Kier alpha value is -4.99. The topological polar surface area (TPSA) is 125 Å². The van der Waals surface area contributed by atoms with Crippen LogP contribution in [0.3, 0.4) is 0 Å². The highest BCUT2D eigenvalue weighted by atomic mass is 19.1. The molecule has 3 N–H and O–H groups in total. The maximum atomic E-state index is 13.5. The van der Waals surface area contributed by atoms with Crippen molar-refractivity contribution < 1.29 is 9.18 Å². The van der Waals surface area contributed by atoms with E-state index in [-0.39, 0.29) is 11.7 Å². The fourth-order valence-corrected chi connectivity index (χ4v) is 4.11. The zero-order valence-electron chi connectivity index (χ0n) is 20.9. The van der Waals surface area contributed by atoms with Gasteiger partial charge in [0, 0.05) is 40.7 Å². The van der Waals surface area contributed by atoms with Gasteiger partial charge in [0.1, 0.15) is 11.5 Å². The molecule has 1 aromatic carbocycles. The third-order valence-electron chi connectivity index (χ3n) is 6.20. The van der Waals surface area contributed by atoms with Crippen LogP contribution < -0.4 is 5.32 Å². The second kappa shape index (κ2) is 8.84. The molecule has 0 aliphatic heterocycles. The molecule has 6 aromatic rings. The summed E-state index contributed by atoms with van der Waals surface area (Å²) in [6.45, 7) is 5.57. The summed E-state index contributed by atoms with van der Waals surface area (Å²) in [4.78, 5) is 33.7. The average molecular weight is 507 g/mol. The zero-order valence-corrected chi connectivity index (χ0v) is 20.9. The van der Waals surface area contributed by atoms with Gasteiger partial charge in [0.25, 0.3) is 0 Å². The maximum absolute atomic E-state index is 13.5. The molecule has 10 heteroatoms. The fraction of sp³-hybridized carbons (Fsp3) is 0.143. The van der Waals surface area contributed by atoms with Gasteiger partial charge in [0.05, 0.1) is 34.5 Å². The Labute approximate surface area is 216 Å². The number of nitrogens with one attached hydrogen (secondary N) is 3. The van der Waals surface area contributed by atoms with Crippen molar-refractivity contribution in [1.82, 2.24) is 35.1 Å². The molecule has 6 rings (SSSR count). The number of hydrogen-bond donors (Lipinski definition) is 3. The van der Waals surface area contributed by atoms with Gasteiger partial charge in [-0.05, 0) is 29.8 Å². The number of carbonyl (C=O) groups is 1. The Balaban J connectivity index is 1.39. The van der Waals surface area contributed by atoms with Gasteiger partial charge in [-0.3, -0.25) is 19.9 Å². The van der Waals surface area contributed by atoms with Crippen molar-refractivity contribution in [3.8, 4) is 33.8 Å². The summed E-state index contributed by atoms with van der Waals surface area (Å²) in [5.74, 6) is 0.146. The third-order valence-corrected chi connectivity index (χ3v) is 6.20. The summed E-state index contributed by atoms with van der Waals surface area (Å²) in [7, 11) is 0. The van der Waals surface area contributed by atoms with Gasteiger partial charge < -0.3 is 10.3 Å². The molecular weight excluding hydrogens is 483 g/mol. The molecule has 5 aromatic heterocycles. The van der Waals surface area contributed by atoms with E-state index in [1.807, 2.05) is 32.9 Å². The molecule has 0 saturated carbocycles. The summed E-state index contributed by atoms with van der Waals surface area (Å²) in [6.07, 6.45) is 8.47. The summed E-state index contributed by atoms with van der Waals surface area (Å²) in [5, 5.41) is 11.1. The molecule has 0 aliphatic carbocycles. The molecule has 0 fully saturated rings. The highest BCUT2D eigenvalue weighted by molar-refractivity contribution is 5.97. The van der Waals surface area contributed by atoms with Crippen LogP contribution >= 0.6 is 0 Å². The van der Waals surface area contributed by atoms with Crippen LogP contribution in [0, 0.1) is 11.2 Å². The number of aromatic amines is 2. The van der Waals surface area contributed by atoms with E-state index in [1.54, 1.807) is 43.1 Å². The highest BCUT2D eigenvalue weighted by Crippen LogP contribution is 2.32. The van der Waals surface area contributed by atoms with Crippen LogP contribution in [0.1, 0.15) is 20.8 Å².